The number of nitriles is 1. The number of nitro groups is 1. The van der Waals surface area contributed by atoms with Gasteiger partial charge in [-0.3, -0.25) is 10.1 Å². The Hall–Kier alpha value is -1.96. The van der Waals surface area contributed by atoms with Crippen molar-refractivity contribution in [3.8, 4) is 6.07 Å². The molecule has 0 spiro atoms. The van der Waals surface area contributed by atoms with Crippen LogP contribution in [0.5, 0.6) is 0 Å². The van der Waals surface area contributed by atoms with E-state index in [4.69, 9.17) is 5.26 Å². The summed E-state index contributed by atoms with van der Waals surface area (Å²) < 4.78 is 12.9. The number of benzene rings is 1. The van der Waals surface area contributed by atoms with E-state index in [0.29, 0.717) is 11.1 Å². The summed E-state index contributed by atoms with van der Waals surface area (Å²) in [6, 6.07) is 3.83. The van der Waals surface area contributed by atoms with Crippen LogP contribution in [0.3, 0.4) is 0 Å². The van der Waals surface area contributed by atoms with Crippen LogP contribution in [0.25, 0.3) is 0 Å². The van der Waals surface area contributed by atoms with Crippen LogP contribution in [0.4, 0.5) is 10.1 Å². The van der Waals surface area contributed by atoms with Gasteiger partial charge in [-0.1, -0.05) is 0 Å². The molecule has 72 valence electrons. The number of rotatable bonds is 2. The normalized spacial score (nSPS) is 9.50. The van der Waals surface area contributed by atoms with E-state index < -0.39 is 10.7 Å². The van der Waals surface area contributed by atoms with E-state index in [1.54, 1.807) is 0 Å². The lowest BCUT2D eigenvalue weighted by atomic mass is 10.0. The molecule has 0 radical (unpaired) electrons. The summed E-state index contributed by atoms with van der Waals surface area (Å²) in [5.74, 6) is -0.687. The molecule has 4 nitrogen and oxygen atoms in total. The molecule has 1 aromatic rings. The second kappa shape index (κ2) is 3.83. The summed E-state index contributed by atoms with van der Waals surface area (Å²) in [7, 11) is 0. The van der Waals surface area contributed by atoms with Crippen LogP contribution in [0.15, 0.2) is 12.1 Å². The number of nitrogens with zero attached hydrogens (tertiary/aromatic N) is 2. The van der Waals surface area contributed by atoms with Crippen molar-refractivity contribution >= 4 is 5.69 Å². The molecule has 0 bridgehead atoms. The third kappa shape index (κ3) is 1.85. The predicted molar refractivity (Wildman–Crippen MR) is 47.1 cm³/mol. The molecule has 0 heterocycles. The van der Waals surface area contributed by atoms with Gasteiger partial charge in [-0.25, -0.2) is 4.39 Å². The Balaban J connectivity index is 3.33. The fourth-order valence-corrected chi connectivity index (χ4v) is 1.18. The highest BCUT2D eigenvalue weighted by atomic mass is 19.1. The smallest absolute Gasteiger partial charge is 0.258 e. The molecule has 0 aliphatic heterocycles. The first-order chi connectivity index (χ1) is 6.56. The monoisotopic (exact) mass is 194 g/mol. The molecule has 5 heteroatoms. The molecule has 1 aromatic carbocycles. The fourth-order valence-electron chi connectivity index (χ4n) is 1.18. The van der Waals surface area contributed by atoms with Gasteiger partial charge in [-0.15, -0.1) is 0 Å². The average Bonchev–Trinajstić information content (AvgIpc) is 2.10. The summed E-state index contributed by atoms with van der Waals surface area (Å²) in [5, 5.41) is 18.9. The number of nitro benzene ring substituents is 1. The lowest BCUT2D eigenvalue weighted by Gasteiger charge is -2.02. The largest absolute Gasteiger partial charge is 0.275 e. The summed E-state index contributed by atoms with van der Waals surface area (Å²) in [5.41, 5.74) is 0.424. The summed E-state index contributed by atoms with van der Waals surface area (Å²) in [6.45, 7) is 1.50. The summed E-state index contributed by atoms with van der Waals surface area (Å²) in [4.78, 5) is 9.83. The molecule has 0 saturated carbocycles. The van der Waals surface area contributed by atoms with E-state index in [-0.39, 0.29) is 12.1 Å². The maximum Gasteiger partial charge on any atom is 0.275 e. The van der Waals surface area contributed by atoms with Gasteiger partial charge in [0.15, 0.2) is 0 Å². The van der Waals surface area contributed by atoms with Crippen molar-refractivity contribution in [2.45, 2.75) is 13.3 Å². The van der Waals surface area contributed by atoms with E-state index in [2.05, 4.69) is 0 Å². The molecule has 0 aliphatic carbocycles. The Morgan fingerprint density at radius 1 is 1.64 bits per heavy atom. The summed E-state index contributed by atoms with van der Waals surface area (Å²) >= 11 is 0. The van der Waals surface area contributed by atoms with Crippen molar-refractivity contribution in [2.75, 3.05) is 0 Å². The highest BCUT2D eigenvalue weighted by molar-refractivity contribution is 5.45. The maximum absolute atomic E-state index is 12.9. The van der Waals surface area contributed by atoms with Crippen LogP contribution in [0, 0.1) is 34.2 Å². The van der Waals surface area contributed by atoms with Crippen LogP contribution in [0.2, 0.25) is 0 Å². The molecule has 0 atom stereocenters. The first-order valence-electron chi connectivity index (χ1n) is 3.86. The molecular weight excluding hydrogens is 187 g/mol. The molecule has 1 rings (SSSR count). The molecule has 0 fully saturated rings. The van der Waals surface area contributed by atoms with Crippen molar-refractivity contribution in [1.29, 1.82) is 5.26 Å². The Labute approximate surface area is 79.7 Å². The Morgan fingerprint density at radius 2 is 2.29 bits per heavy atom. The van der Waals surface area contributed by atoms with Crippen molar-refractivity contribution in [1.82, 2.24) is 0 Å². The number of halogens is 1. The first-order valence-corrected chi connectivity index (χ1v) is 3.86. The lowest BCUT2D eigenvalue weighted by Crippen LogP contribution is -1.97. The van der Waals surface area contributed by atoms with Gasteiger partial charge in [0.25, 0.3) is 5.69 Å². The minimum atomic E-state index is -0.687. The molecule has 0 N–H and O–H groups in total. The van der Waals surface area contributed by atoms with E-state index in [1.165, 1.54) is 6.92 Å². The van der Waals surface area contributed by atoms with Crippen molar-refractivity contribution in [2.24, 2.45) is 0 Å². The van der Waals surface area contributed by atoms with Crippen LogP contribution in [0.1, 0.15) is 11.1 Å². The Morgan fingerprint density at radius 3 is 2.79 bits per heavy atom. The van der Waals surface area contributed by atoms with Crippen LogP contribution < -0.4 is 0 Å². The Kier molecular flexibility index (Phi) is 2.77. The number of hydrogen-bond donors (Lipinski definition) is 0. The molecule has 0 aromatic heterocycles. The summed E-state index contributed by atoms with van der Waals surface area (Å²) in [6.07, 6.45) is -0.0234. The predicted octanol–water partition coefficient (Wildman–Crippen LogP) is 2.11. The zero-order valence-corrected chi connectivity index (χ0v) is 7.45. The molecule has 0 unspecified atom stereocenters. The Bertz CT molecular complexity index is 424. The highest BCUT2D eigenvalue weighted by Crippen LogP contribution is 2.23. The van der Waals surface area contributed by atoms with Gasteiger partial charge in [0.1, 0.15) is 5.82 Å². The first kappa shape index (κ1) is 10.1. The van der Waals surface area contributed by atoms with Crippen LogP contribution in [-0.4, -0.2) is 4.92 Å². The SMILES string of the molecule is Cc1c(CC#N)cc(F)cc1[N+](=O)[O-]. The van der Waals surface area contributed by atoms with Gasteiger partial charge < -0.3 is 0 Å². The fraction of sp³-hybridized carbons (Fsp3) is 0.222. The van der Waals surface area contributed by atoms with Crippen molar-refractivity contribution in [3.05, 3.63) is 39.2 Å². The lowest BCUT2D eigenvalue weighted by molar-refractivity contribution is -0.385. The third-order valence-corrected chi connectivity index (χ3v) is 1.92. The molecule has 0 saturated heterocycles. The van der Waals surface area contributed by atoms with Gasteiger partial charge in [0.05, 0.1) is 23.5 Å². The topological polar surface area (TPSA) is 66.9 Å². The van der Waals surface area contributed by atoms with Gasteiger partial charge in [0.2, 0.25) is 0 Å². The van der Waals surface area contributed by atoms with Crippen molar-refractivity contribution < 1.29 is 9.31 Å². The van der Waals surface area contributed by atoms with Gasteiger partial charge in [-0.05, 0) is 18.6 Å². The van der Waals surface area contributed by atoms with Gasteiger partial charge in [-0.2, -0.15) is 5.26 Å². The second-order valence-corrected chi connectivity index (χ2v) is 2.80. The van der Waals surface area contributed by atoms with Crippen LogP contribution in [-0.2, 0) is 6.42 Å². The quantitative estimate of drug-likeness (QED) is 0.534. The zero-order chi connectivity index (χ0) is 10.7. The van der Waals surface area contributed by atoms with E-state index in [9.17, 15) is 14.5 Å². The molecule has 0 amide bonds. The molecule has 0 aliphatic rings. The highest BCUT2D eigenvalue weighted by Gasteiger charge is 2.15. The standard InChI is InChI=1S/C9H7FN2O2/c1-6-7(2-3-11)4-8(10)5-9(6)12(13)14/h4-5H,2H2,1H3. The minimum Gasteiger partial charge on any atom is -0.258 e. The average molecular weight is 194 g/mol. The van der Waals surface area contributed by atoms with E-state index in [1.807, 2.05) is 6.07 Å². The van der Waals surface area contributed by atoms with Crippen LogP contribution >= 0.6 is 0 Å². The minimum absolute atomic E-state index is 0.0234. The third-order valence-electron chi connectivity index (χ3n) is 1.92. The molecule has 14 heavy (non-hydrogen) atoms. The number of hydrogen-bond acceptors (Lipinski definition) is 3. The molecular formula is C9H7FN2O2. The zero-order valence-electron chi connectivity index (χ0n) is 7.45. The van der Waals surface area contributed by atoms with Crippen molar-refractivity contribution in [3.63, 3.8) is 0 Å². The van der Waals surface area contributed by atoms with Gasteiger partial charge in [0, 0.05) is 5.56 Å². The van der Waals surface area contributed by atoms with E-state index >= 15 is 0 Å². The maximum atomic E-state index is 12.9. The second-order valence-electron chi connectivity index (χ2n) is 2.80. The van der Waals surface area contributed by atoms with Gasteiger partial charge >= 0.3 is 0 Å². The van der Waals surface area contributed by atoms with E-state index in [0.717, 1.165) is 12.1 Å².